The van der Waals surface area contributed by atoms with Crippen LogP contribution >= 0.6 is 0 Å². The topological polar surface area (TPSA) is 16.4 Å². The van der Waals surface area contributed by atoms with Crippen molar-refractivity contribution in [3.05, 3.63) is 186 Å². The first-order chi connectivity index (χ1) is 26.3. The third kappa shape index (κ3) is 4.34. The molecule has 1 heterocycles. The summed E-state index contributed by atoms with van der Waals surface area (Å²) >= 11 is 0. The molecule has 2 nitrogen and oxygen atoms in total. The number of benzene rings is 7. The molecule has 0 saturated heterocycles. The minimum atomic E-state index is -0.120. The van der Waals surface area contributed by atoms with Crippen LogP contribution in [0.15, 0.2) is 168 Å². The second-order valence-electron chi connectivity index (χ2n) is 16.5. The number of furan rings is 1. The maximum atomic E-state index is 6.50. The minimum Gasteiger partial charge on any atom is -0.456 e. The van der Waals surface area contributed by atoms with E-state index in [1.54, 1.807) is 0 Å². The Morgan fingerprint density at radius 3 is 2.15 bits per heavy atom. The fraction of sp³-hybridized carbons (Fsp3) is 0.154. The molecule has 54 heavy (non-hydrogen) atoms. The maximum Gasteiger partial charge on any atom is 0.136 e. The lowest BCUT2D eigenvalue weighted by Crippen LogP contribution is -2.26. The highest BCUT2D eigenvalue weighted by atomic mass is 16.3. The largest absolute Gasteiger partial charge is 0.456 e. The van der Waals surface area contributed by atoms with Crippen molar-refractivity contribution in [3.63, 3.8) is 0 Å². The van der Waals surface area contributed by atoms with E-state index in [9.17, 15) is 0 Å². The van der Waals surface area contributed by atoms with E-state index in [0.29, 0.717) is 5.92 Å². The van der Waals surface area contributed by atoms with E-state index < -0.39 is 0 Å². The van der Waals surface area contributed by atoms with Crippen molar-refractivity contribution in [3.8, 4) is 22.3 Å². The fourth-order valence-electron chi connectivity index (χ4n) is 10.2. The Morgan fingerprint density at radius 2 is 1.28 bits per heavy atom. The van der Waals surface area contributed by atoms with Crippen molar-refractivity contribution in [1.29, 1.82) is 0 Å². The first-order valence-corrected chi connectivity index (χ1v) is 19.3. The molecule has 0 N–H and O–H groups in total. The molecule has 7 aromatic carbocycles. The second-order valence-corrected chi connectivity index (χ2v) is 16.5. The van der Waals surface area contributed by atoms with Crippen molar-refractivity contribution in [1.82, 2.24) is 0 Å². The molecule has 8 aromatic rings. The molecule has 0 spiro atoms. The van der Waals surface area contributed by atoms with E-state index in [0.717, 1.165) is 39.6 Å². The molecule has 1 atom stereocenters. The van der Waals surface area contributed by atoms with Gasteiger partial charge in [-0.1, -0.05) is 143 Å². The smallest absolute Gasteiger partial charge is 0.136 e. The number of nitrogens with zero attached hydrogens (tertiary/aromatic N) is 1. The van der Waals surface area contributed by atoms with Crippen LogP contribution in [0.5, 0.6) is 0 Å². The van der Waals surface area contributed by atoms with Crippen molar-refractivity contribution in [2.24, 2.45) is 5.92 Å². The molecule has 0 aliphatic heterocycles. The molecule has 0 saturated carbocycles. The number of para-hydroxylation sites is 1. The highest BCUT2D eigenvalue weighted by molar-refractivity contribution is 6.09. The number of hydrogen-bond acceptors (Lipinski definition) is 2. The molecule has 0 radical (unpaired) electrons. The van der Waals surface area contributed by atoms with Crippen LogP contribution in [-0.4, -0.2) is 0 Å². The number of anilines is 2. The van der Waals surface area contributed by atoms with Crippen LogP contribution < -0.4 is 4.90 Å². The van der Waals surface area contributed by atoms with Gasteiger partial charge in [0.15, 0.2) is 0 Å². The number of fused-ring (bicyclic) bond motifs is 10. The minimum absolute atomic E-state index is 0.0642. The van der Waals surface area contributed by atoms with Gasteiger partial charge in [-0.3, -0.25) is 0 Å². The number of rotatable bonds is 4. The predicted octanol–water partition coefficient (Wildman–Crippen LogP) is 14.1. The van der Waals surface area contributed by atoms with Gasteiger partial charge in [-0.2, -0.15) is 0 Å². The van der Waals surface area contributed by atoms with Crippen LogP contribution in [-0.2, 0) is 10.8 Å². The van der Waals surface area contributed by atoms with Crippen molar-refractivity contribution in [2.45, 2.75) is 44.9 Å². The summed E-state index contributed by atoms with van der Waals surface area (Å²) < 4.78 is 6.50. The predicted molar refractivity (Wildman–Crippen MR) is 226 cm³/mol. The average molecular weight is 696 g/mol. The monoisotopic (exact) mass is 695 g/mol. The molecule has 1 unspecified atom stereocenters. The van der Waals surface area contributed by atoms with Crippen molar-refractivity contribution >= 4 is 49.7 Å². The lowest BCUT2D eigenvalue weighted by molar-refractivity contribution is 0.413. The third-order valence-corrected chi connectivity index (χ3v) is 12.9. The Morgan fingerprint density at radius 1 is 0.574 bits per heavy atom. The van der Waals surface area contributed by atoms with E-state index in [1.807, 2.05) is 6.07 Å². The first-order valence-electron chi connectivity index (χ1n) is 19.3. The Labute approximate surface area is 316 Å². The SMILES string of the molecule is CC1(C)c2ccccc2-c2ccc(N(C3=CCC4C(=C3)c3ccccc3C4(C)C)c3ccc4ccccc4c3-c3ccc4c(c3)oc3ccccc34)cc21. The van der Waals surface area contributed by atoms with Crippen molar-refractivity contribution < 1.29 is 4.42 Å². The van der Waals surface area contributed by atoms with Crippen LogP contribution in [0.25, 0.3) is 60.5 Å². The average Bonchev–Trinajstić information content (AvgIpc) is 3.77. The summed E-state index contributed by atoms with van der Waals surface area (Å²) in [4.78, 5) is 2.54. The summed E-state index contributed by atoms with van der Waals surface area (Å²) in [5.74, 6) is 0.431. The molecule has 3 aliphatic rings. The summed E-state index contributed by atoms with van der Waals surface area (Å²) in [6, 6.07) is 53.7. The molecule has 0 fully saturated rings. The van der Waals surface area contributed by atoms with E-state index in [4.69, 9.17) is 4.42 Å². The molecule has 0 bridgehead atoms. The summed E-state index contributed by atoms with van der Waals surface area (Å²) in [6.45, 7) is 9.59. The van der Waals surface area contributed by atoms with Gasteiger partial charge in [0.1, 0.15) is 11.2 Å². The van der Waals surface area contributed by atoms with Gasteiger partial charge in [-0.15, -0.1) is 0 Å². The maximum absolute atomic E-state index is 6.50. The highest BCUT2D eigenvalue weighted by Crippen LogP contribution is 2.56. The summed E-state index contributed by atoms with van der Waals surface area (Å²) in [5.41, 5.74) is 17.4. The lowest BCUT2D eigenvalue weighted by Gasteiger charge is -2.35. The van der Waals surface area contributed by atoms with Crippen molar-refractivity contribution in [2.75, 3.05) is 4.90 Å². The van der Waals surface area contributed by atoms with E-state index in [-0.39, 0.29) is 10.8 Å². The molecule has 2 heteroatoms. The van der Waals surface area contributed by atoms with Gasteiger partial charge in [-0.25, -0.2) is 0 Å². The van der Waals surface area contributed by atoms with Crippen LogP contribution in [0.3, 0.4) is 0 Å². The highest BCUT2D eigenvalue weighted by Gasteiger charge is 2.44. The van der Waals surface area contributed by atoms with Crippen LogP contribution in [0.4, 0.5) is 11.4 Å². The number of hydrogen-bond donors (Lipinski definition) is 0. The summed E-state index contributed by atoms with van der Waals surface area (Å²) in [5, 5.41) is 4.73. The van der Waals surface area contributed by atoms with Gasteiger partial charge in [0.2, 0.25) is 0 Å². The van der Waals surface area contributed by atoms with E-state index >= 15 is 0 Å². The molecular formula is C52H41NO. The van der Waals surface area contributed by atoms with Crippen LogP contribution in [0.2, 0.25) is 0 Å². The lowest BCUT2D eigenvalue weighted by atomic mass is 9.74. The molecule has 1 aromatic heterocycles. The van der Waals surface area contributed by atoms with Crippen LogP contribution in [0, 0.1) is 5.92 Å². The van der Waals surface area contributed by atoms with E-state index in [1.165, 1.54) is 66.7 Å². The molecule has 260 valence electrons. The third-order valence-electron chi connectivity index (χ3n) is 12.9. The Balaban J connectivity index is 1.17. The fourth-order valence-corrected chi connectivity index (χ4v) is 10.2. The Kier molecular flexibility index (Phi) is 6.51. The van der Waals surface area contributed by atoms with Gasteiger partial charge in [-0.05, 0) is 116 Å². The summed E-state index contributed by atoms with van der Waals surface area (Å²) in [7, 11) is 0. The second kappa shape index (κ2) is 11.2. The zero-order chi connectivity index (χ0) is 36.3. The molecular weight excluding hydrogens is 655 g/mol. The molecule has 0 amide bonds. The zero-order valence-corrected chi connectivity index (χ0v) is 31.2. The van der Waals surface area contributed by atoms with Gasteiger partial charge >= 0.3 is 0 Å². The standard InChI is InChI=1S/C52H41NO/c1-51(2)44-19-11-8-16-38(44)42-30-34(24-27-45(42)51)53(35-23-26-39-37-15-7-10-18-43(37)52(3,4)46(39)31-35)47-28-22-32-13-5-6-14-36(32)50(47)33-21-25-41-40-17-9-12-20-48(40)54-49(41)29-33/h5-26,28-31,45H,27H2,1-4H3. The molecule has 3 aliphatic carbocycles. The summed E-state index contributed by atoms with van der Waals surface area (Å²) in [6.07, 6.45) is 5.97. The van der Waals surface area contributed by atoms with E-state index in [2.05, 4.69) is 184 Å². The van der Waals surface area contributed by atoms with Gasteiger partial charge in [0.25, 0.3) is 0 Å². The van der Waals surface area contributed by atoms with Gasteiger partial charge in [0.05, 0.1) is 5.69 Å². The Hall–Kier alpha value is -6.12. The molecule has 11 rings (SSSR count). The van der Waals surface area contributed by atoms with Crippen LogP contribution in [0.1, 0.15) is 56.4 Å². The first kappa shape index (κ1) is 31.4. The number of allylic oxidation sites excluding steroid dienone is 3. The quantitative estimate of drug-likeness (QED) is 0.182. The normalized spacial score (nSPS) is 17.5. The van der Waals surface area contributed by atoms with Gasteiger partial charge in [0, 0.05) is 33.1 Å². The Bertz CT molecular complexity index is 2930. The van der Waals surface area contributed by atoms with Gasteiger partial charge < -0.3 is 9.32 Å². The zero-order valence-electron chi connectivity index (χ0n) is 31.2.